The number of rotatable bonds is 1. The van der Waals surface area contributed by atoms with E-state index in [2.05, 4.69) is 45.0 Å². The molecule has 2 heteroatoms. The maximum absolute atomic E-state index is 10.6. The van der Waals surface area contributed by atoms with Gasteiger partial charge in [0.25, 0.3) is 0 Å². The van der Waals surface area contributed by atoms with E-state index in [0.29, 0.717) is 0 Å². The Morgan fingerprint density at radius 3 is 2.06 bits per heavy atom. The summed E-state index contributed by atoms with van der Waals surface area (Å²) in [5, 5.41) is 10.6. The van der Waals surface area contributed by atoms with Crippen LogP contribution < -0.4 is 0 Å². The van der Waals surface area contributed by atoms with E-state index in [1.165, 1.54) is 5.56 Å². The van der Waals surface area contributed by atoms with Gasteiger partial charge in [0.05, 0.1) is 5.60 Å². The SMILES string of the molecule is CC(C)(C)c1ccc(C2(O)CCSCC2)cc1. The predicted molar refractivity (Wildman–Crippen MR) is 75.6 cm³/mol. The van der Waals surface area contributed by atoms with Crippen molar-refractivity contribution in [1.29, 1.82) is 0 Å². The molecule has 0 spiro atoms. The predicted octanol–water partition coefficient (Wildman–Crippen LogP) is 3.70. The van der Waals surface area contributed by atoms with E-state index in [-0.39, 0.29) is 5.41 Å². The molecular formula is C15H22OS. The molecule has 1 aromatic rings. The van der Waals surface area contributed by atoms with Gasteiger partial charge in [-0.25, -0.2) is 0 Å². The number of benzene rings is 1. The zero-order chi connectivity index (χ0) is 12.5. The van der Waals surface area contributed by atoms with Gasteiger partial charge in [0, 0.05) is 0 Å². The molecule has 0 saturated carbocycles. The van der Waals surface area contributed by atoms with Gasteiger partial charge in [0.1, 0.15) is 0 Å². The highest BCUT2D eigenvalue weighted by atomic mass is 32.2. The van der Waals surface area contributed by atoms with Gasteiger partial charge in [-0.05, 0) is 40.9 Å². The van der Waals surface area contributed by atoms with E-state index in [4.69, 9.17) is 0 Å². The molecule has 0 radical (unpaired) electrons. The molecule has 1 nitrogen and oxygen atoms in total. The third kappa shape index (κ3) is 2.86. The highest BCUT2D eigenvalue weighted by molar-refractivity contribution is 7.99. The Morgan fingerprint density at radius 2 is 1.59 bits per heavy atom. The number of aliphatic hydroxyl groups is 1. The first-order valence-corrected chi connectivity index (χ1v) is 7.48. The maximum atomic E-state index is 10.6. The highest BCUT2D eigenvalue weighted by Crippen LogP contribution is 2.36. The lowest BCUT2D eigenvalue weighted by Crippen LogP contribution is -2.30. The largest absolute Gasteiger partial charge is 0.385 e. The Bertz CT molecular complexity index is 369. The highest BCUT2D eigenvalue weighted by Gasteiger charge is 2.31. The summed E-state index contributed by atoms with van der Waals surface area (Å²) in [5.41, 5.74) is 2.02. The minimum Gasteiger partial charge on any atom is -0.385 e. The zero-order valence-corrected chi connectivity index (χ0v) is 11.8. The second-order valence-corrected chi connectivity index (χ2v) is 7.20. The number of hydrogen-bond acceptors (Lipinski definition) is 2. The van der Waals surface area contributed by atoms with Crippen molar-refractivity contribution in [3.05, 3.63) is 35.4 Å². The fourth-order valence-electron chi connectivity index (χ4n) is 2.28. The average Bonchev–Trinajstić information content (AvgIpc) is 2.29. The van der Waals surface area contributed by atoms with Gasteiger partial charge >= 0.3 is 0 Å². The number of hydrogen-bond donors (Lipinski definition) is 1. The lowest BCUT2D eigenvalue weighted by Gasteiger charge is -2.32. The van der Waals surface area contributed by atoms with Crippen molar-refractivity contribution in [3.8, 4) is 0 Å². The van der Waals surface area contributed by atoms with Crippen LogP contribution >= 0.6 is 11.8 Å². The summed E-state index contributed by atoms with van der Waals surface area (Å²) in [6.07, 6.45) is 1.76. The van der Waals surface area contributed by atoms with Crippen LogP contribution in [0.5, 0.6) is 0 Å². The van der Waals surface area contributed by atoms with Gasteiger partial charge < -0.3 is 5.11 Å². The molecule has 1 aliphatic heterocycles. The van der Waals surface area contributed by atoms with Gasteiger partial charge in [-0.2, -0.15) is 11.8 Å². The fourth-order valence-corrected chi connectivity index (χ4v) is 3.45. The van der Waals surface area contributed by atoms with Crippen LogP contribution in [0.15, 0.2) is 24.3 Å². The molecule has 0 aliphatic carbocycles. The van der Waals surface area contributed by atoms with Crippen molar-refractivity contribution in [3.63, 3.8) is 0 Å². The van der Waals surface area contributed by atoms with Gasteiger partial charge in [-0.15, -0.1) is 0 Å². The molecule has 0 atom stereocenters. The van der Waals surface area contributed by atoms with Crippen LogP contribution in [0.3, 0.4) is 0 Å². The lowest BCUT2D eigenvalue weighted by atomic mass is 9.83. The minimum atomic E-state index is -0.582. The zero-order valence-electron chi connectivity index (χ0n) is 11.0. The first kappa shape index (κ1) is 13.0. The first-order chi connectivity index (χ1) is 7.92. The standard InChI is InChI=1S/C15H22OS/c1-14(2,3)12-4-6-13(7-5-12)15(16)8-10-17-11-9-15/h4-7,16H,8-11H2,1-3H3. The fraction of sp³-hybridized carbons (Fsp3) is 0.600. The second-order valence-electron chi connectivity index (χ2n) is 5.97. The summed E-state index contributed by atoms with van der Waals surface area (Å²) in [6, 6.07) is 8.54. The lowest BCUT2D eigenvalue weighted by molar-refractivity contribution is 0.0280. The third-order valence-corrected chi connectivity index (χ3v) is 4.59. The molecule has 0 unspecified atom stereocenters. The first-order valence-electron chi connectivity index (χ1n) is 6.33. The van der Waals surface area contributed by atoms with Crippen LogP contribution in [0, 0.1) is 0 Å². The van der Waals surface area contributed by atoms with Gasteiger partial charge in [-0.3, -0.25) is 0 Å². The Balaban J connectivity index is 2.23. The minimum absolute atomic E-state index is 0.184. The average molecular weight is 250 g/mol. The molecule has 0 amide bonds. The van der Waals surface area contributed by atoms with Crippen LogP contribution in [0.25, 0.3) is 0 Å². The third-order valence-electron chi connectivity index (χ3n) is 3.61. The molecular weight excluding hydrogens is 228 g/mol. The van der Waals surface area contributed by atoms with Crippen LogP contribution in [0.2, 0.25) is 0 Å². The molecule has 2 rings (SSSR count). The monoisotopic (exact) mass is 250 g/mol. The summed E-state index contributed by atoms with van der Waals surface area (Å²) in [5.74, 6) is 2.13. The van der Waals surface area contributed by atoms with E-state index in [1.54, 1.807) is 0 Å². The molecule has 94 valence electrons. The van der Waals surface area contributed by atoms with Gasteiger partial charge in [0.15, 0.2) is 0 Å². The van der Waals surface area contributed by atoms with Crippen molar-refractivity contribution in [2.24, 2.45) is 0 Å². The molecule has 17 heavy (non-hydrogen) atoms. The quantitative estimate of drug-likeness (QED) is 0.820. The van der Waals surface area contributed by atoms with Gasteiger partial charge in [-0.1, -0.05) is 45.0 Å². The Labute approximate surface area is 109 Å². The van der Waals surface area contributed by atoms with E-state index in [1.807, 2.05) is 11.8 Å². The topological polar surface area (TPSA) is 20.2 Å². The Hall–Kier alpha value is -0.470. The normalized spacial score (nSPS) is 20.2. The summed E-state index contributed by atoms with van der Waals surface area (Å²) in [6.45, 7) is 6.65. The molecule has 1 saturated heterocycles. The molecule has 1 heterocycles. The Morgan fingerprint density at radius 1 is 1.06 bits per heavy atom. The summed E-state index contributed by atoms with van der Waals surface area (Å²) in [4.78, 5) is 0. The summed E-state index contributed by atoms with van der Waals surface area (Å²) >= 11 is 1.94. The van der Waals surface area contributed by atoms with Crippen molar-refractivity contribution in [1.82, 2.24) is 0 Å². The van der Waals surface area contributed by atoms with E-state index >= 15 is 0 Å². The van der Waals surface area contributed by atoms with Crippen molar-refractivity contribution >= 4 is 11.8 Å². The van der Waals surface area contributed by atoms with Crippen LogP contribution in [0.4, 0.5) is 0 Å². The van der Waals surface area contributed by atoms with Crippen molar-refractivity contribution in [2.45, 2.75) is 44.6 Å². The van der Waals surface area contributed by atoms with E-state index < -0.39 is 5.60 Å². The molecule has 1 aromatic carbocycles. The maximum Gasteiger partial charge on any atom is 0.0912 e. The summed E-state index contributed by atoms with van der Waals surface area (Å²) in [7, 11) is 0. The molecule has 1 N–H and O–H groups in total. The van der Waals surface area contributed by atoms with Crippen molar-refractivity contribution in [2.75, 3.05) is 11.5 Å². The molecule has 1 aliphatic rings. The van der Waals surface area contributed by atoms with Crippen LogP contribution in [-0.2, 0) is 11.0 Å². The smallest absolute Gasteiger partial charge is 0.0912 e. The second kappa shape index (κ2) is 4.66. The van der Waals surface area contributed by atoms with E-state index in [9.17, 15) is 5.11 Å². The summed E-state index contributed by atoms with van der Waals surface area (Å²) < 4.78 is 0. The van der Waals surface area contributed by atoms with Crippen molar-refractivity contribution < 1.29 is 5.11 Å². The van der Waals surface area contributed by atoms with Crippen LogP contribution in [0.1, 0.15) is 44.7 Å². The van der Waals surface area contributed by atoms with E-state index in [0.717, 1.165) is 29.9 Å². The molecule has 0 bridgehead atoms. The van der Waals surface area contributed by atoms with Crippen LogP contribution in [-0.4, -0.2) is 16.6 Å². The Kier molecular flexibility index (Phi) is 3.55. The molecule has 0 aromatic heterocycles. The molecule has 1 fully saturated rings. The van der Waals surface area contributed by atoms with Gasteiger partial charge in [0.2, 0.25) is 0 Å². The number of thioether (sulfide) groups is 1.